The lowest BCUT2D eigenvalue weighted by Crippen LogP contribution is -2.43. The van der Waals surface area contributed by atoms with Crippen LogP contribution in [0.5, 0.6) is 0 Å². The van der Waals surface area contributed by atoms with Crippen molar-refractivity contribution in [2.24, 2.45) is 0 Å². The van der Waals surface area contributed by atoms with Crippen LogP contribution in [0, 0.1) is 0 Å². The highest BCUT2D eigenvalue weighted by Gasteiger charge is 2.24. The van der Waals surface area contributed by atoms with Crippen LogP contribution in [0.15, 0.2) is 0 Å². The van der Waals surface area contributed by atoms with Gasteiger partial charge >= 0.3 is 0 Å². The van der Waals surface area contributed by atoms with Gasteiger partial charge in [0.15, 0.2) is 0 Å². The number of hydrogen-bond acceptors (Lipinski definition) is 3. The van der Waals surface area contributed by atoms with Crippen LogP contribution < -0.4 is 5.32 Å². The second-order valence-electron chi connectivity index (χ2n) is 4.44. The normalized spacial score (nSPS) is 29.1. The first kappa shape index (κ1) is 10.8. The molecule has 1 aliphatic heterocycles. The topological polar surface area (TPSA) is 15.3 Å². The van der Waals surface area contributed by atoms with E-state index in [1.54, 1.807) is 0 Å². The average Bonchev–Trinajstić information content (AvgIpc) is 2.86. The molecule has 0 radical (unpaired) electrons. The minimum atomic E-state index is 0.751. The maximum absolute atomic E-state index is 3.57. The Balaban J connectivity index is 1.79. The van der Waals surface area contributed by atoms with Gasteiger partial charge in [-0.3, -0.25) is 4.90 Å². The smallest absolute Gasteiger partial charge is 0.0421 e. The van der Waals surface area contributed by atoms with E-state index in [4.69, 9.17) is 0 Å². The Hall–Kier alpha value is 0.270. The van der Waals surface area contributed by atoms with E-state index >= 15 is 0 Å². The molecule has 82 valence electrons. The third-order valence-corrected chi connectivity index (χ3v) is 4.50. The van der Waals surface area contributed by atoms with Crippen LogP contribution in [0.2, 0.25) is 0 Å². The zero-order valence-corrected chi connectivity index (χ0v) is 9.98. The first-order chi connectivity index (χ1) is 6.90. The molecule has 0 bridgehead atoms. The predicted octanol–water partition coefficient (Wildman–Crippen LogP) is 1.91. The van der Waals surface area contributed by atoms with Crippen molar-refractivity contribution in [3.05, 3.63) is 0 Å². The molecular weight excluding hydrogens is 192 g/mol. The molecule has 1 atom stereocenters. The highest BCUT2D eigenvalue weighted by molar-refractivity contribution is 7.99. The Labute approximate surface area is 91.8 Å². The van der Waals surface area contributed by atoms with Crippen molar-refractivity contribution < 1.29 is 0 Å². The van der Waals surface area contributed by atoms with Crippen molar-refractivity contribution in [2.75, 3.05) is 24.7 Å². The largest absolute Gasteiger partial charge is 0.303 e. The molecule has 0 aromatic rings. The Kier molecular flexibility index (Phi) is 4.14. The fourth-order valence-electron chi connectivity index (χ4n) is 2.64. The minimum absolute atomic E-state index is 0.751. The van der Waals surface area contributed by atoms with Gasteiger partial charge in [-0.05, 0) is 19.4 Å². The maximum atomic E-state index is 3.57. The molecule has 1 aliphatic carbocycles. The summed E-state index contributed by atoms with van der Waals surface area (Å²) in [5.74, 6) is 2.47. The lowest BCUT2D eigenvalue weighted by molar-refractivity contribution is 0.195. The van der Waals surface area contributed by atoms with E-state index in [1.807, 2.05) is 11.8 Å². The van der Waals surface area contributed by atoms with Gasteiger partial charge < -0.3 is 5.32 Å². The molecule has 2 fully saturated rings. The number of hydrogen-bond donors (Lipinski definition) is 1. The Morgan fingerprint density at radius 2 is 2.14 bits per heavy atom. The fourth-order valence-corrected chi connectivity index (χ4v) is 3.62. The van der Waals surface area contributed by atoms with Gasteiger partial charge in [0, 0.05) is 30.3 Å². The fraction of sp³-hybridized carbons (Fsp3) is 1.00. The molecule has 1 heterocycles. The Morgan fingerprint density at radius 3 is 2.71 bits per heavy atom. The zero-order chi connectivity index (χ0) is 9.80. The molecule has 2 aliphatic rings. The monoisotopic (exact) mass is 214 g/mol. The van der Waals surface area contributed by atoms with Crippen molar-refractivity contribution in [3.63, 3.8) is 0 Å². The van der Waals surface area contributed by atoms with Gasteiger partial charge in [-0.25, -0.2) is 0 Å². The quantitative estimate of drug-likeness (QED) is 0.769. The van der Waals surface area contributed by atoms with Crippen LogP contribution in [0.3, 0.4) is 0 Å². The highest BCUT2D eigenvalue weighted by Crippen LogP contribution is 2.24. The summed E-state index contributed by atoms with van der Waals surface area (Å²) in [6.45, 7) is 4.81. The summed E-state index contributed by atoms with van der Waals surface area (Å²) in [4.78, 5) is 2.69. The van der Waals surface area contributed by atoms with Gasteiger partial charge in [0.2, 0.25) is 0 Å². The van der Waals surface area contributed by atoms with Crippen LogP contribution >= 0.6 is 11.8 Å². The number of likely N-dealkylation sites (N-methyl/N-ethyl adjacent to an activating group) is 1. The molecule has 0 amide bonds. The molecule has 0 spiro atoms. The van der Waals surface area contributed by atoms with E-state index in [1.165, 1.54) is 44.5 Å². The average molecular weight is 214 g/mol. The molecule has 3 heteroatoms. The SMILES string of the molecule is CCN(CC1CSCN1)C1CCCC1. The molecule has 1 unspecified atom stereocenters. The molecule has 2 nitrogen and oxygen atoms in total. The van der Waals surface area contributed by atoms with Gasteiger partial charge in [-0.15, -0.1) is 11.8 Å². The van der Waals surface area contributed by atoms with E-state index in [2.05, 4.69) is 17.1 Å². The summed E-state index contributed by atoms with van der Waals surface area (Å²) in [6, 6.07) is 1.65. The summed E-state index contributed by atoms with van der Waals surface area (Å²) in [5.41, 5.74) is 0. The summed E-state index contributed by atoms with van der Waals surface area (Å²) < 4.78 is 0. The zero-order valence-electron chi connectivity index (χ0n) is 9.17. The van der Waals surface area contributed by atoms with E-state index in [0.717, 1.165) is 18.0 Å². The molecule has 0 aromatic heterocycles. The summed E-state index contributed by atoms with van der Waals surface area (Å²) in [7, 11) is 0. The first-order valence-electron chi connectivity index (χ1n) is 5.95. The Bertz CT molecular complexity index is 163. The van der Waals surface area contributed by atoms with Crippen molar-refractivity contribution in [2.45, 2.75) is 44.7 Å². The third-order valence-electron chi connectivity index (χ3n) is 3.50. The van der Waals surface area contributed by atoms with E-state index in [9.17, 15) is 0 Å². The van der Waals surface area contributed by atoms with Gasteiger partial charge in [0.25, 0.3) is 0 Å². The van der Waals surface area contributed by atoms with Crippen LogP contribution in [-0.2, 0) is 0 Å². The third kappa shape index (κ3) is 2.65. The maximum Gasteiger partial charge on any atom is 0.0421 e. The van der Waals surface area contributed by atoms with Crippen LogP contribution in [-0.4, -0.2) is 41.7 Å². The van der Waals surface area contributed by atoms with Crippen LogP contribution in [0.1, 0.15) is 32.6 Å². The van der Waals surface area contributed by atoms with Gasteiger partial charge in [0.1, 0.15) is 0 Å². The number of nitrogens with one attached hydrogen (secondary N) is 1. The summed E-state index contributed by atoms with van der Waals surface area (Å²) >= 11 is 2.04. The molecule has 1 saturated heterocycles. The summed E-state index contributed by atoms with van der Waals surface area (Å²) in [6.07, 6.45) is 5.78. The highest BCUT2D eigenvalue weighted by atomic mass is 32.2. The standard InChI is InChI=1S/C11H22N2S/c1-2-13(11-5-3-4-6-11)7-10-8-14-9-12-10/h10-12H,2-9H2,1H3. The van der Waals surface area contributed by atoms with Crippen molar-refractivity contribution >= 4 is 11.8 Å². The van der Waals surface area contributed by atoms with Crippen LogP contribution in [0.25, 0.3) is 0 Å². The van der Waals surface area contributed by atoms with E-state index in [0.29, 0.717) is 0 Å². The van der Waals surface area contributed by atoms with Gasteiger partial charge in [-0.2, -0.15) is 0 Å². The number of thioether (sulfide) groups is 1. The molecule has 0 aromatic carbocycles. The molecule has 2 rings (SSSR count). The second-order valence-corrected chi connectivity index (χ2v) is 5.47. The van der Waals surface area contributed by atoms with Gasteiger partial charge in [0.05, 0.1) is 0 Å². The first-order valence-corrected chi connectivity index (χ1v) is 7.11. The number of nitrogens with zero attached hydrogens (tertiary/aromatic N) is 1. The van der Waals surface area contributed by atoms with Crippen molar-refractivity contribution in [1.29, 1.82) is 0 Å². The molecular formula is C11H22N2S. The van der Waals surface area contributed by atoms with E-state index in [-0.39, 0.29) is 0 Å². The Morgan fingerprint density at radius 1 is 1.36 bits per heavy atom. The lowest BCUT2D eigenvalue weighted by Gasteiger charge is -2.29. The number of rotatable bonds is 4. The molecule has 14 heavy (non-hydrogen) atoms. The van der Waals surface area contributed by atoms with Crippen molar-refractivity contribution in [3.8, 4) is 0 Å². The summed E-state index contributed by atoms with van der Waals surface area (Å²) in [5, 5.41) is 3.57. The van der Waals surface area contributed by atoms with Crippen molar-refractivity contribution in [1.82, 2.24) is 10.2 Å². The lowest BCUT2D eigenvalue weighted by atomic mass is 10.2. The second kappa shape index (κ2) is 5.38. The van der Waals surface area contributed by atoms with E-state index < -0.39 is 0 Å². The van der Waals surface area contributed by atoms with Crippen LogP contribution in [0.4, 0.5) is 0 Å². The predicted molar refractivity (Wildman–Crippen MR) is 63.8 cm³/mol. The van der Waals surface area contributed by atoms with Gasteiger partial charge in [-0.1, -0.05) is 19.8 Å². The molecule has 1 N–H and O–H groups in total. The minimum Gasteiger partial charge on any atom is -0.303 e. The molecule has 1 saturated carbocycles.